The normalized spacial score (nSPS) is 21.6. The molecule has 0 unspecified atom stereocenters. The molecule has 540 valence electrons. The number of halogens is 11. The molecule has 8 aliphatic rings. The van der Waals surface area contributed by atoms with Crippen molar-refractivity contribution in [1.82, 2.24) is 9.80 Å². The van der Waals surface area contributed by atoms with Crippen LogP contribution in [0.5, 0.6) is 0 Å². The molecule has 2 aromatic heterocycles. The van der Waals surface area contributed by atoms with Crippen molar-refractivity contribution in [3.05, 3.63) is 247 Å². The van der Waals surface area contributed by atoms with Gasteiger partial charge in [-0.1, -0.05) is 75.4 Å². The summed E-state index contributed by atoms with van der Waals surface area (Å²) in [4.78, 5) is 26.0. The number of pyridine rings is 2. The Kier molecular flexibility index (Phi) is 27.2. The van der Waals surface area contributed by atoms with Gasteiger partial charge in [-0.2, -0.15) is 26.3 Å². The number of thioether (sulfide) groups is 1. The minimum Gasteiger partial charge on any atom is -1.00 e. The van der Waals surface area contributed by atoms with Gasteiger partial charge in [0.05, 0.1) is 104 Å². The molecule has 4 aromatic rings. The van der Waals surface area contributed by atoms with Crippen LogP contribution in [0.15, 0.2) is 243 Å². The van der Waals surface area contributed by atoms with Gasteiger partial charge in [0.15, 0.2) is 11.4 Å². The zero-order valence-electron chi connectivity index (χ0n) is 60.3. The zero-order valence-corrected chi connectivity index (χ0v) is 71.4. The number of rotatable bonds is 8. The highest BCUT2D eigenvalue weighted by molar-refractivity contribution is 8.03. The van der Waals surface area contributed by atoms with E-state index in [1.807, 2.05) is 80.7 Å². The second-order valence-corrected chi connectivity index (χ2v) is 31.7. The summed E-state index contributed by atoms with van der Waals surface area (Å²) in [6.45, 7) is 24.2. The molecule has 10 nitrogen and oxygen atoms in total. The third-order valence-corrected chi connectivity index (χ3v) is 21.0. The minimum absolute atomic E-state index is 0. The molecule has 0 saturated heterocycles. The molecule has 0 radical (unpaired) electrons. The van der Waals surface area contributed by atoms with E-state index < -0.39 is 23.5 Å². The maximum Gasteiger partial charge on any atom is 0.416 e. The maximum absolute atomic E-state index is 13.9. The molecular weight excluding hydrogens is 1800 g/mol. The van der Waals surface area contributed by atoms with Gasteiger partial charge in [-0.15, -0.1) is 12.6 Å². The lowest BCUT2D eigenvalue weighted by Gasteiger charge is -2.37. The molecule has 8 aliphatic heterocycles. The molecule has 0 bridgehead atoms. The fourth-order valence-electron chi connectivity index (χ4n) is 13.5. The molecule has 2 aromatic carbocycles. The molecule has 12 rings (SSSR count). The number of amidine groups is 2. The Labute approximate surface area is 676 Å². The smallest absolute Gasteiger partial charge is 0.416 e. The van der Waals surface area contributed by atoms with E-state index in [1.54, 1.807) is 19.9 Å². The van der Waals surface area contributed by atoms with Crippen LogP contribution in [-0.4, -0.2) is 110 Å². The van der Waals surface area contributed by atoms with E-state index in [-0.39, 0.29) is 118 Å². The number of aryl methyl sites for hydroxylation is 4. The molecule has 0 spiro atoms. The standard InChI is InChI=1S/C39H44F3N5S.C31H38ClN5.C8H7F3S.4HI/c1-25-20-28(39(40,41)42)22-29(21-25)48-34-26(14-16-32-37(2,3)30-12-10-18-45(6)35(30)43-32)23-47(8,9)24-27(34)15-17-33-38(4,5)31-13-11-19-46(7)36(31)44-33;1-30(2)23-11-9-17-35(5)28(23)33-25(30)15-13-21-19-37(7,8)20-22(27(21)32)14-16-26-31(3,4)24-12-10-18-36(6)29(24)34-26;1-5-2-6(8(9,10)11)4-7(12)3-5;;;;/h10-22H,23-24H2,1-9H3;9-18H,19-20H2,1-8H3;2-4,12H,1H3;4*1H/q2*+2;;;;;/p-4. The molecule has 23 heteroatoms. The van der Waals surface area contributed by atoms with Crippen LogP contribution in [0, 0.1) is 24.7 Å². The largest absolute Gasteiger partial charge is 1.00 e. The summed E-state index contributed by atoms with van der Waals surface area (Å²) in [7, 11) is 17.0. The van der Waals surface area contributed by atoms with E-state index in [0.717, 1.165) is 121 Å². The number of benzene rings is 2. The second-order valence-electron chi connectivity index (χ2n) is 29.7. The molecule has 0 N–H and O–H groups in total. The molecule has 0 saturated carbocycles. The summed E-state index contributed by atoms with van der Waals surface area (Å²) < 4.78 is 83.7. The van der Waals surface area contributed by atoms with Gasteiger partial charge in [-0.3, -0.25) is 0 Å². The number of aliphatic imine (C=N–C) groups is 4. The monoisotopic (exact) mass is 1890 g/mol. The molecule has 101 heavy (non-hydrogen) atoms. The van der Waals surface area contributed by atoms with Crippen LogP contribution >= 0.6 is 36.0 Å². The van der Waals surface area contributed by atoms with Crippen LogP contribution in [0.3, 0.4) is 0 Å². The van der Waals surface area contributed by atoms with Gasteiger partial charge < -0.3 is 115 Å². The van der Waals surface area contributed by atoms with Gasteiger partial charge >= 0.3 is 24.0 Å². The number of fused-ring (bicyclic) bond motifs is 4. The fraction of sp³-hybridized carbons (Fsp3) is 0.359. The van der Waals surface area contributed by atoms with E-state index in [2.05, 4.69) is 191 Å². The first kappa shape index (κ1) is 85.2. The Morgan fingerprint density at radius 3 is 1.40 bits per heavy atom. The number of likely N-dealkylation sites (N-methyl/N-ethyl adjacent to an activating group) is 4. The Bertz CT molecular complexity index is 4450. The van der Waals surface area contributed by atoms with E-state index in [4.69, 9.17) is 31.6 Å². The number of quaternary nitrogens is 2. The predicted octanol–water partition coefficient (Wildman–Crippen LogP) is 5.50. The first-order valence-corrected chi connectivity index (χ1v) is 34.0. The third kappa shape index (κ3) is 18.6. The van der Waals surface area contributed by atoms with Crippen molar-refractivity contribution in [3.63, 3.8) is 0 Å². The SMILES string of the molecule is CN1C=CC=C2C1=NC(=CC=C1C[N+](C)(C)CC(C=CC3=Nc4c(ccc[n+]4C)C3(C)C)=C1Cl)C2(C)C.Cc1cc(S)cc(C(F)(F)F)c1.Cc1cc(SC2=C(/C=C/C3=Nc4c(ccc[n+]4C)C3(C)C)C[N+](C)(C)C/C2=C\C=C2/N=C3C(=CC=CN3C)C2(C)C)cc(C(F)(F)F)c1.[I-].[I-].[I-].[I-]. The van der Waals surface area contributed by atoms with Crippen LogP contribution in [0.4, 0.5) is 38.0 Å². The zero-order chi connectivity index (χ0) is 70.9. The van der Waals surface area contributed by atoms with E-state index in [0.29, 0.717) is 25.4 Å². The minimum atomic E-state index is -4.43. The van der Waals surface area contributed by atoms with Crippen LogP contribution in [0.2, 0.25) is 0 Å². The van der Waals surface area contributed by atoms with Crippen molar-refractivity contribution in [3.8, 4) is 0 Å². The highest BCUT2D eigenvalue weighted by Gasteiger charge is 2.45. The van der Waals surface area contributed by atoms with Crippen LogP contribution in [-0.2, 0) is 37.3 Å². The van der Waals surface area contributed by atoms with Crippen LogP contribution in [0.1, 0.15) is 88.8 Å². The lowest BCUT2D eigenvalue weighted by atomic mass is 9.81. The van der Waals surface area contributed by atoms with Crippen molar-refractivity contribution >= 4 is 70.7 Å². The summed E-state index contributed by atoms with van der Waals surface area (Å²) >= 11 is 12.3. The number of aromatic nitrogens is 2. The van der Waals surface area contributed by atoms with Crippen molar-refractivity contribution < 1.29 is 140 Å². The Balaban J connectivity index is 0.000000269. The quantitative estimate of drug-likeness (QED) is 0.0836. The van der Waals surface area contributed by atoms with Crippen LogP contribution < -0.4 is 105 Å². The Morgan fingerprint density at radius 1 is 0.545 bits per heavy atom. The number of alkyl halides is 6. The summed E-state index contributed by atoms with van der Waals surface area (Å²) in [5, 5.41) is 0.837. The van der Waals surface area contributed by atoms with E-state index in [1.165, 1.54) is 46.2 Å². The summed E-state index contributed by atoms with van der Waals surface area (Å²) in [5.74, 6) is 3.93. The summed E-state index contributed by atoms with van der Waals surface area (Å²) in [5.41, 5.74) is 12.2. The molecule has 0 aliphatic carbocycles. The first-order valence-electron chi connectivity index (χ1n) is 32.4. The Hall–Kier alpha value is -4.69. The third-order valence-electron chi connectivity index (χ3n) is 19.0. The highest BCUT2D eigenvalue weighted by Crippen LogP contribution is 2.48. The summed E-state index contributed by atoms with van der Waals surface area (Å²) in [6, 6.07) is 16.4. The van der Waals surface area contributed by atoms with Gasteiger partial charge in [0, 0.05) is 85.5 Å². The molecular formula is C78H89ClF6I4N10S2. The number of hydrogen-bond donors (Lipinski definition) is 1. The van der Waals surface area contributed by atoms with Crippen LogP contribution in [0.25, 0.3) is 0 Å². The van der Waals surface area contributed by atoms with Crippen molar-refractivity contribution in [2.24, 2.45) is 44.9 Å². The second kappa shape index (κ2) is 32.2. The average Bonchev–Trinajstić information content (AvgIpc) is 1.67. The molecule has 0 amide bonds. The highest BCUT2D eigenvalue weighted by atomic mass is 127. The van der Waals surface area contributed by atoms with E-state index >= 15 is 0 Å². The topological polar surface area (TPSA) is 63.7 Å². The fourth-order valence-corrected chi connectivity index (χ4v) is 15.3. The van der Waals surface area contributed by atoms with Crippen molar-refractivity contribution in [2.75, 3.05) is 68.5 Å². The summed E-state index contributed by atoms with van der Waals surface area (Å²) in [6.07, 6.45) is 25.0. The molecule has 0 fully saturated rings. The first-order chi connectivity index (χ1) is 45.1. The number of hydrogen-bond acceptors (Lipinski definition) is 8. The molecule has 10 heterocycles. The number of thiol groups is 1. The van der Waals surface area contributed by atoms with Crippen molar-refractivity contribution in [2.45, 2.75) is 102 Å². The van der Waals surface area contributed by atoms with Crippen molar-refractivity contribution in [1.29, 1.82) is 0 Å². The maximum atomic E-state index is 13.9. The molecule has 0 atom stereocenters. The lowest BCUT2D eigenvalue weighted by molar-refractivity contribution is -0.881. The van der Waals surface area contributed by atoms with Gasteiger partial charge in [-0.25, -0.2) is 19.1 Å². The number of nitrogens with zero attached hydrogens (tertiary/aromatic N) is 10. The number of allylic oxidation sites excluding steroid dienone is 12. The van der Waals surface area contributed by atoms with Gasteiger partial charge in [0.25, 0.3) is 0 Å². The lowest BCUT2D eigenvalue weighted by Crippen LogP contribution is -3.00. The average molecular weight is 1890 g/mol. The Morgan fingerprint density at radius 2 is 0.960 bits per heavy atom. The van der Waals surface area contributed by atoms with Gasteiger partial charge in [0.2, 0.25) is 0 Å². The van der Waals surface area contributed by atoms with E-state index in [9.17, 15) is 26.3 Å². The van der Waals surface area contributed by atoms with Gasteiger partial charge in [-0.05, 0) is 172 Å². The van der Waals surface area contributed by atoms with Gasteiger partial charge in [0.1, 0.15) is 37.9 Å². The predicted molar refractivity (Wildman–Crippen MR) is 388 cm³/mol.